The molecule has 0 unspecified atom stereocenters. The zero-order chi connectivity index (χ0) is 18.3. The van der Waals surface area contributed by atoms with Crippen LogP contribution >= 0.6 is 0 Å². The minimum Gasteiger partial charge on any atom is -0.481 e. The Kier molecular flexibility index (Phi) is 6.69. The lowest BCUT2D eigenvalue weighted by atomic mass is 9.86. The van der Waals surface area contributed by atoms with Crippen LogP contribution in [0.25, 0.3) is 0 Å². The Hall–Kier alpha value is -2.22. The van der Waals surface area contributed by atoms with Crippen molar-refractivity contribution in [2.75, 3.05) is 13.2 Å². The average molecular weight is 357 g/mol. The number of nitrogens with one attached hydrogen (secondary N) is 1. The molecule has 1 fully saturated rings. The van der Waals surface area contributed by atoms with Gasteiger partial charge in [-0.05, 0) is 37.0 Å². The van der Waals surface area contributed by atoms with E-state index in [2.05, 4.69) is 10.1 Å². The monoisotopic (exact) mass is 357 g/mol. The van der Waals surface area contributed by atoms with Crippen molar-refractivity contribution in [1.29, 1.82) is 0 Å². The third-order valence-electron chi connectivity index (χ3n) is 4.13. The minimum absolute atomic E-state index is 0.0609. The molecular formula is C17H21F2NO5. The highest BCUT2D eigenvalue weighted by Gasteiger charge is 2.36. The third-order valence-corrected chi connectivity index (χ3v) is 4.13. The summed E-state index contributed by atoms with van der Waals surface area (Å²) in [5, 5.41) is 11.9. The van der Waals surface area contributed by atoms with Gasteiger partial charge in [0.2, 0.25) is 5.91 Å². The summed E-state index contributed by atoms with van der Waals surface area (Å²) in [6.07, 6.45) is 1.38. The van der Waals surface area contributed by atoms with Crippen molar-refractivity contribution < 1.29 is 33.0 Å². The molecule has 2 N–H and O–H groups in total. The van der Waals surface area contributed by atoms with Crippen LogP contribution in [-0.2, 0) is 20.7 Å². The van der Waals surface area contributed by atoms with Crippen molar-refractivity contribution in [1.82, 2.24) is 5.32 Å². The molecule has 0 saturated carbocycles. The van der Waals surface area contributed by atoms with Gasteiger partial charge < -0.3 is 19.9 Å². The highest BCUT2D eigenvalue weighted by Crippen LogP contribution is 2.25. The van der Waals surface area contributed by atoms with E-state index in [0.717, 1.165) is 5.56 Å². The number of carboxylic acid groups (broad SMARTS) is 1. The fourth-order valence-electron chi connectivity index (χ4n) is 2.85. The predicted octanol–water partition coefficient (Wildman–Crippen LogP) is 2.36. The lowest BCUT2D eigenvalue weighted by Crippen LogP contribution is -2.53. The van der Waals surface area contributed by atoms with Gasteiger partial charge in [-0.3, -0.25) is 9.59 Å². The smallest absolute Gasteiger partial charge is 0.387 e. The number of ether oxygens (including phenoxy) is 2. The van der Waals surface area contributed by atoms with Gasteiger partial charge in [0, 0.05) is 19.6 Å². The highest BCUT2D eigenvalue weighted by molar-refractivity contribution is 5.78. The molecule has 8 heteroatoms. The maximum atomic E-state index is 12.2. The second-order valence-corrected chi connectivity index (χ2v) is 6.03. The number of hydrogen-bond acceptors (Lipinski definition) is 4. The first-order chi connectivity index (χ1) is 11.9. The number of carbonyl (C=O) groups excluding carboxylic acids is 1. The molecule has 1 aromatic rings. The summed E-state index contributed by atoms with van der Waals surface area (Å²) in [5.41, 5.74) is 0.0341. The van der Waals surface area contributed by atoms with Crippen molar-refractivity contribution in [3.05, 3.63) is 29.8 Å². The van der Waals surface area contributed by atoms with Crippen molar-refractivity contribution in [2.45, 2.75) is 44.3 Å². The van der Waals surface area contributed by atoms with E-state index in [-0.39, 0.29) is 24.5 Å². The first-order valence-electron chi connectivity index (χ1n) is 8.03. The van der Waals surface area contributed by atoms with Crippen LogP contribution in [-0.4, -0.2) is 42.3 Å². The maximum Gasteiger partial charge on any atom is 0.387 e. The average Bonchev–Trinajstić information content (AvgIpc) is 2.53. The third kappa shape index (κ3) is 6.30. The van der Waals surface area contributed by atoms with Crippen LogP contribution in [0.5, 0.6) is 5.75 Å². The number of hydrogen-bond donors (Lipinski definition) is 2. The van der Waals surface area contributed by atoms with Gasteiger partial charge in [-0.15, -0.1) is 0 Å². The van der Waals surface area contributed by atoms with Gasteiger partial charge in [0.15, 0.2) is 0 Å². The molecule has 1 aliphatic heterocycles. The summed E-state index contributed by atoms with van der Waals surface area (Å²) in [6.45, 7) is -2.04. The van der Waals surface area contributed by atoms with Gasteiger partial charge in [0.05, 0.1) is 12.0 Å². The minimum atomic E-state index is -2.87. The summed E-state index contributed by atoms with van der Waals surface area (Å²) in [5.74, 6) is -1.14. The Morgan fingerprint density at radius 2 is 1.88 bits per heavy atom. The Bertz CT molecular complexity index is 585. The molecule has 0 aliphatic carbocycles. The van der Waals surface area contributed by atoms with Crippen molar-refractivity contribution >= 4 is 11.9 Å². The number of amides is 1. The molecule has 0 aromatic heterocycles. The number of carboxylic acids is 1. The first kappa shape index (κ1) is 19.1. The van der Waals surface area contributed by atoms with Gasteiger partial charge in [0.25, 0.3) is 0 Å². The normalized spacial score (nSPS) is 16.4. The summed E-state index contributed by atoms with van der Waals surface area (Å²) >= 11 is 0. The van der Waals surface area contributed by atoms with Crippen molar-refractivity contribution in [2.24, 2.45) is 0 Å². The number of carbonyl (C=O) groups is 2. The van der Waals surface area contributed by atoms with Gasteiger partial charge in [-0.1, -0.05) is 12.1 Å². The van der Waals surface area contributed by atoms with Crippen LogP contribution in [0.2, 0.25) is 0 Å². The van der Waals surface area contributed by atoms with Gasteiger partial charge >= 0.3 is 12.6 Å². The van der Waals surface area contributed by atoms with E-state index < -0.39 is 18.1 Å². The van der Waals surface area contributed by atoms with E-state index in [0.29, 0.717) is 32.5 Å². The number of rotatable bonds is 8. The molecule has 1 heterocycles. The Labute approximate surface area is 144 Å². The van der Waals surface area contributed by atoms with Crippen LogP contribution in [0.4, 0.5) is 8.78 Å². The summed E-state index contributed by atoms with van der Waals surface area (Å²) < 4.78 is 33.7. The van der Waals surface area contributed by atoms with Crippen LogP contribution in [0.3, 0.4) is 0 Å². The molecule has 1 amide bonds. The van der Waals surface area contributed by atoms with Crippen LogP contribution in [0.1, 0.15) is 31.2 Å². The molecule has 2 rings (SSSR count). The van der Waals surface area contributed by atoms with Crippen molar-refractivity contribution in [3.8, 4) is 5.75 Å². The first-order valence-corrected chi connectivity index (χ1v) is 8.03. The lowest BCUT2D eigenvalue weighted by molar-refractivity contribution is -0.140. The zero-order valence-corrected chi connectivity index (χ0v) is 13.7. The molecule has 1 aliphatic rings. The van der Waals surface area contributed by atoms with E-state index in [1.807, 2.05) is 0 Å². The molecule has 138 valence electrons. The number of benzene rings is 1. The second kappa shape index (κ2) is 8.75. The zero-order valence-electron chi connectivity index (χ0n) is 13.7. The van der Waals surface area contributed by atoms with Crippen LogP contribution in [0.15, 0.2) is 24.3 Å². The molecular weight excluding hydrogens is 336 g/mol. The summed E-state index contributed by atoms with van der Waals surface area (Å²) in [7, 11) is 0. The van der Waals surface area contributed by atoms with Gasteiger partial charge in [0.1, 0.15) is 5.75 Å². The van der Waals surface area contributed by atoms with Gasteiger partial charge in [-0.2, -0.15) is 8.78 Å². The molecule has 0 bridgehead atoms. The van der Waals surface area contributed by atoms with E-state index in [4.69, 9.17) is 9.84 Å². The number of halogens is 2. The van der Waals surface area contributed by atoms with E-state index in [1.165, 1.54) is 12.1 Å². The molecule has 1 aromatic carbocycles. The standard InChI is InChI=1S/C17H21F2NO5/c18-16(19)25-13-4-1-12(2-5-13)3-6-14(21)20-17(11-15(22)23)7-9-24-10-8-17/h1-2,4-5,16H,3,6-11H2,(H,20,21)(H,22,23). The van der Waals surface area contributed by atoms with Crippen molar-refractivity contribution in [3.63, 3.8) is 0 Å². The molecule has 0 atom stereocenters. The summed E-state index contributed by atoms with van der Waals surface area (Å²) in [6, 6.07) is 6.08. The number of aliphatic carboxylic acids is 1. The van der Waals surface area contributed by atoms with E-state index in [9.17, 15) is 18.4 Å². The molecule has 6 nitrogen and oxygen atoms in total. The Balaban J connectivity index is 1.87. The van der Waals surface area contributed by atoms with Crippen LogP contribution in [0, 0.1) is 0 Å². The molecule has 0 spiro atoms. The quantitative estimate of drug-likeness (QED) is 0.746. The predicted molar refractivity (Wildman–Crippen MR) is 84.6 cm³/mol. The number of alkyl halides is 2. The Morgan fingerprint density at radius 1 is 1.24 bits per heavy atom. The highest BCUT2D eigenvalue weighted by atomic mass is 19.3. The maximum absolute atomic E-state index is 12.2. The lowest BCUT2D eigenvalue weighted by Gasteiger charge is -2.36. The van der Waals surface area contributed by atoms with Gasteiger partial charge in [-0.25, -0.2) is 0 Å². The molecule has 25 heavy (non-hydrogen) atoms. The Morgan fingerprint density at radius 3 is 2.44 bits per heavy atom. The SMILES string of the molecule is O=C(O)CC1(NC(=O)CCc2ccc(OC(F)F)cc2)CCOCC1. The van der Waals surface area contributed by atoms with E-state index >= 15 is 0 Å². The van der Waals surface area contributed by atoms with Crippen LogP contribution < -0.4 is 10.1 Å². The fourth-order valence-corrected chi connectivity index (χ4v) is 2.85. The second-order valence-electron chi connectivity index (χ2n) is 6.03. The molecule has 0 radical (unpaired) electrons. The number of aryl methyl sites for hydroxylation is 1. The largest absolute Gasteiger partial charge is 0.481 e. The van der Waals surface area contributed by atoms with E-state index in [1.54, 1.807) is 12.1 Å². The molecule has 1 saturated heterocycles. The summed E-state index contributed by atoms with van der Waals surface area (Å²) in [4.78, 5) is 23.3. The fraction of sp³-hybridized carbons (Fsp3) is 0.529. The topological polar surface area (TPSA) is 84.9 Å².